The number of hydrogen-bond donors (Lipinski definition) is 2. The molecular weight excluding hydrogens is 351 g/mol. The van der Waals surface area contributed by atoms with Crippen LogP contribution in [-0.4, -0.2) is 29.4 Å². The van der Waals surface area contributed by atoms with Gasteiger partial charge < -0.3 is 15.3 Å². The third-order valence-electron chi connectivity index (χ3n) is 4.45. The van der Waals surface area contributed by atoms with Crippen molar-refractivity contribution in [1.82, 2.24) is 5.32 Å². The molecule has 7 heteroatoms. The predicted molar refractivity (Wildman–Crippen MR) is 96.9 cm³/mol. The van der Waals surface area contributed by atoms with Gasteiger partial charge in [-0.25, -0.2) is 4.39 Å². The Morgan fingerprint density at radius 1 is 1.19 bits per heavy atom. The van der Waals surface area contributed by atoms with Crippen LogP contribution in [0.15, 0.2) is 48.5 Å². The van der Waals surface area contributed by atoms with Gasteiger partial charge in [0.05, 0.1) is 12.5 Å². The van der Waals surface area contributed by atoms with Crippen LogP contribution in [0.4, 0.5) is 10.1 Å². The summed E-state index contributed by atoms with van der Waals surface area (Å²) in [7, 11) is 0. The molecule has 2 aromatic carbocycles. The van der Waals surface area contributed by atoms with E-state index < -0.39 is 23.7 Å². The molecule has 6 nitrogen and oxygen atoms in total. The van der Waals surface area contributed by atoms with Gasteiger partial charge in [-0.1, -0.05) is 18.2 Å². The first-order valence-electron chi connectivity index (χ1n) is 8.62. The van der Waals surface area contributed by atoms with E-state index in [0.29, 0.717) is 29.8 Å². The molecule has 27 heavy (non-hydrogen) atoms. The lowest BCUT2D eigenvalue weighted by Crippen LogP contribution is -2.30. The van der Waals surface area contributed by atoms with Gasteiger partial charge in [-0.15, -0.1) is 0 Å². The van der Waals surface area contributed by atoms with Crippen LogP contribution in [-0.2, 0) is 9.59 Å². The summed E-state index contributed by atoms with van der Waals surface area (Å²) in [6.07, 6.45) is 0.934. The number of hydrogen-bond acceptors (Lipinski definition) is 3. The number of anilines is 1. The molecule has 0 aromatic heterocycles. The molecule has 1 heterocycles. The summed E-state index contributed by atoms with van der Waals surface area (Å²) in [4.78, 5) is 37.3. The second-order valence-electron chi connectivity index (χ2n) is 6.37. The Morgan fingerprint density at radius 3 is 2.56 bits per heavy atom. The number of carboxylic acid groups (broad SMARTS) is 1. The van der Waals surface area contributed by atoms with Gasteiger partial charge in [-0.2, -0.15) is 0 Å². The zero-order valence-corrected chi connectivity index (χ0v) is 14.5. The Morgan fingerprint density at radius 2 is 1.93 bits per heavy atom. The Balaban J connectivity index is 1.80. The van der Waals surface area contributed by atoms with Crippen LogP contribution in [0.25, 0.3) is 0 Å². The van der Waals surface area contributed by atoms with E-state index in [-0.39, 0.29) is 12.3 Å². The number of carbonyl (C=O) groups excluding carboxylic acids is 2. The van der Waals surface area contributed by atoms with E-state index in [1.54, 1.807) is 29.2 Å². The van der Waals surface area contributed by atoms with E-state index in [2.05, 4.69) is 5.32 Å². The van der Waals surface area contributed by atoms with Crippen LogP contribution >= 0.6 is 0 Å². The summed E-state index contributed by atoms with van der Waals surface area (Å²) in [5.41, 5.74) is 1.46. The number of halogens is 1. The number of aliphatic carboxylic acids is 1. The molecule has 1 aliphatic heterocycles. The lowest BCUT2D eigenvalue weighted by molar-refractivity contribution is -0.137. The summed E-state index contributed by atoms with van der Waals surface area (Å²) in [5, 5.41) is 11.8. The van der Waals surface area contributed by atoms with Crippen molar-refractivity contribution in [2.75, 3.05) is 11.4 Å². The zero-order chi connectivity index (χ0) is 19.4. The Kier molecular flexibility index (Phi) is 5.49. The molecule has 0 aliphatic carbocycles. The fourth-order valence-electron chi connectivity index (χ4n) is 3.10. The minimum Gasteiger partial charge on any atom is -0.481 e. The van der Waals surface area contributed by atoms with Crippen molar-refractivity contribution in [2.45, 2.75) is 25.3 Å². The molecule has 0 spiro atoms. The van der Waals surface area contributed by atoms with Gasteiger partial charge in [-0.3, -0.25) is 14.4 Å². The molecule has 1 atom stereocenters. The topological polar surface area (TPSA) is 86.7 Å². The maximum Gasteiger partial charge on any atom is 0.305 e. The van der Waals surface area contributed by atoms with Crippen LogP contribution in [0.5, 0.6) is 0 Å². The predicted octanol–water partition coefficient (Wildman–Crippen LogP) is 2.90. The molecule has 1 saturated heterocycles. The number of rotatable bonds is 6. The van der Waals surface area contributed by atoms with Gasteiger partial charge in [0.25, 0.3) is 5.91 Å². The molecule has 2 N–H and O–H groups in total. The number of benzene rings is 2. The average molecular weight is 370 g/mol. The minimum absolute atomic E-state index is 0.0163. The van der Waals surface area contributed by atoms with Gasteiger partial charge in [0.15, 0.2) is 0 Å². The molecule has 0 radical (unpaired) electrons. The monoisotopic (exact) mass is 370 g/mol. The maximum absolute atomic E-state index is 13.1. The van der Waals surface area contributed by atoms with E-state index >= 15 is 0 Å². The molecule has 140 valence electrons. The molecule has 1 unspecified atom stereocenters. The average Bonchev–Trinajstić information content (AvgIpc) is 3.07. The smallest absolute Gasteiger partial charge is 0.305 e. The highest BCUT2D eigenvalue weighted by atomic mass is 19.1. The van der Waals surface area contributed by atoms with Gasteiger partial charge in [0, 0.05) is 24.2 Å². The number of carbonyl (C=O) groups is 3. The SMILES string of the molecule is O=C(O)CC(NC(=O)c1cccc(N2CCCC2=O)c1)c1ccc(F)cc1. The van der Waals surface area contributed by atoms with Gasteiger partial charge in [-0.05, 0) is 42.3 Å². The van der Waals surface area contributed by atoms with Gasteiger partial charge >= 0.3 is 5.97 Å². The van der Waals surface area contributed by atoms with Crippen LogP contribution in [0.1, 0.15) is 41.2 Å². The number of nitrogens with one attached hydrogen (secondary N) is 1. The maximum atomic E-state index is 13.1. The van der Waals surface area contributed by atoms with Crippen LogP contribution in [0, 0.1) is 5.82 Å². The van der Waals surface area contributed by atoms with Gasteiger partial charge in [0.1, 0.15) is 5.82 Å². The second kappa shape index (κ2) is 7.99. The third kappa shape index (κ3) is 4.49. The van der Waals surface area contributed by atoms with Crippen LogP contribution < -0.4 is 10.2 Å². The highest BCUT2D eigenvalue weighted by Crippen LogP contribution is 2.23. The van der Waals surface area contributed by atoms with E-state index in [4.69, 9.17) is 5.11 Å². The molecule has 1 aliphatic rings. The molecule has 2 amide bonds. The first-order chi connectivity index (χ1) is 12.9. The van der Waals surface area contributed by atoms with Crippen molar-refractivity contribution in [3.8, 4) is 0 Å². The Bertz CT molecular complexity index is 867. The van der Waals surface area contributed by atoms with Crippen LogP contribution in [0.2, 0.25) is 0 Å². The van der Waals surface area contributed by atoms with E-state index in [9.17, 15) is 18.8 Å². The molecule has 3 rings (SSSR count). The van der Waals surface area contributed by atoms with Crippen molar-refractivity contribution in [1.29, 1.82) is 0 Å². The largest absolute Gasteiger partial charge is 0.481 e. The lowest BCUT2D eigenvalue weighted by atomic mass is 10.0. The van der Waals surface area contributed by atoms with E-state index in [1.165, 1.54) is 24.3 Å². The fraction of sp³-hybridized carbons (Fsp3) is 0.250. The fourth-order valence-corrected chi connectivity index (χ4v) is 3.10. The molecule has 0 bridgehead atoms. The van der Waals surface area contributed by atoms with E-state index in [0.717, 1.165) is 6.42 Å². The highest BCUT2D eigenvalue weighted by molar-refractivity contribution is 5.99. The zero-order valence-electron chi connectivity index (χ0n) is 14.5. The summed E-state index contributed by atoms with van der Waals surface area (Å²) in [6, 6.07) is 11.2. The highest BCUT2D eigenvalue weighted by Gasteiger charge is 2.23. The van der Waals surface area contributed by atoms with Gasteiger partial charge in [0.2, 0.25) is 5.91 Å². The van der Waals surface area contributed by atoms with Crippen molar-refractivity contribution in [3.05, 3.63) is 65.5 Å². The number of carboxylic acids is 1. The first kappa shape index (κ1) is 18.6. The summed E-state index contributed by atoms with van der Waals surface area (Å²) < 4.78 is 13.1. The Hall–Kier alpha value is -3.22. The molecule has 1 fully saturated rings. The number of amides is 2. The van der Waals surface area contributed by atoms with Crippen molar-refractivity contribution >= 4 is 23.5 Å². The normalized spacial score (nSPS) is 14.9. The van der Waals surface area contributed by atoms with Crippen LogP contribution in [0.3, 0.4) is 0 Å². The number of nitrogens with zero attached hydrogens (tertiary/aromatic N) is 1. The minimum atomic E-state index is -1.08. The quantitative estimate of drug-likeness (QED) is 0.819. The van der Waals surface area contributed by atoms with E-state index in [1.807, 2.05) is 0 Å². The standard InChI is InChI=1S/C20H19FN2O4/c21-15-8-6-13(7-9-15)17(12-19(25)26)22-20(27)14-3-1-4-16(11-14)23-10-2-5-18(23)24/h1,3-4,6-9,11,17H,2,5,10,12H2,(H,22,27)(H,25,26). The van der Waals surface area contributed by atoms with Crippen molar-refractivity contribution < 1.29 is 23.9 Å². The summed E-state index contributed by atoms with van der Waals surface area (Å²) in [5.74, 6) is -1.97. The first-order valence-corrected chi connectivity index (χ1v) is 8.62. The van der Waals surface area contributed by atoms with Crippen molar-refractivity contribution in [3.63, 3.8) is 0 Å². The molecule has 0 saturated carbocycles. The summed E-state index contributed by atoms with van der Waals surface area (Å²) in [6.45, 7) is 0.612. The Labute approximate surface area is 155 Å². The third-order valence-corrected chi connectivity index (χ3v) is 4.45. The second-order valence-corrected chi connectivity index (χ2v) is 6.37. The molecule has 2 aromatic rings. The lowest BCUT2D eigenvalue weighted by Gasteiger charge is -2.19. The van der Waals surface area contributed by atoms with Crippen molar-refractivity contribution in [2.24, 2.45) is 0 Å². The molecular formula is C20H19FN2O4. The summed E-state index contributed by atoms with van der Waals surface area (Å²) >= 11 is 0.